The van der Waals surface area contributed by atoms with Gasteiger partial charge < -0.3 is 19.5 Å². The molecular formula is C16H19BNO5. The molecule has 1 amide bonds. The van der Waals surface area contributed by atoms with Gasteiger partial charge in [-0.25, -0.2) is 4.79 Å². The Morgan fingerprint density at radius 1 is 1.35 bits per heavy atom. The fourth-order valence-electron chi connectivity index (χ4n) is 2.34. The second-order valence-electron chi connectivity index (χ2n) is 5.35. The summed E-state index contributed by atoms with van der Waals surface area (Å²) in [6.45, 7) is 3.49. The van der Waals surface area contributed by atoms with Crippen molar-refractivity contribution < 1.29 is 23.8 Å². The smallest absolute Gasteiger partial charge is 0.394 e. The number of benzene rings is 1. The summed E-state index contributed by atoms with van der Waals surface area (Å²) in [5.41, 5.74) is 1.21. The van der Waals surface area contributed by atoms with Crippen LogP contribution in [-0.4, -0.2) is 37.7 Å². The molecule has 1 aromatic rings. The maximum atomic E-state index is 11.9. The van der Waals surface area contributed by atoms with Gasteiger partial charge in [0.25, 0.3) is 0 Å². The molecule has 1 heterocycles. The molecule has 0 bridgehead atoms. The van der Waals surface area contributed by atoms with Crippen LogP contribution in [0.4, 0.5) is 0 Å². The standard InChI is InChI=1S/C16H19BNO5/c1-3-22-16(21)12-6-4-5-11-9-13(17-23-15(11)12)18-14(20)8-7-10(2)19/h4-6,13H,3,7-9H2,1-2H3,(H,18,20). The summed E-state index contributed by atoms with van der Waals surface area (Å²) in [6.07, 6.45) is 0.910. The summed E-state index contributed by atoms with van der Waals surface area (Å²) >= 11 is 0. The lowest BCUT2D eigenvalue weighted by Gasteiger charge is -2.26. The summed E-state index contributed by atoms with van der Waals surface area (Å²) in [4.78, 5) is 34.6. The van der Waals surface area contributed by atoms with E-state index >= 15 is 0 Å². The number of amides is 1. The molecule has 121 valence electrons. The maximum Gasteiger partial charge on any atom is 0.394 e. The number of ether oxygens (including phenoxy) is 1. The van der Waals surface area contributed by atoms with Gasteiger partial charge in [-0.1, -0.05) is 12.1 Å². The minimum atomic E-state index is -0.429. The van der Waals surface area contributed by atoms with E-state index in [9.17, 15) is 14.4 Å². The molecule has 0 fully saturated rings. The highest BCUT2D eigenvalue weighted by Gasteiger charge is 2.27. The molecule has 0 saturated heterocycles. The van der Waals surface area contributed by atoms with Crippen LogP contribution in [0, 0.1) is 0 Å². The third-order valence-corrected chi connectivity index (χ3v) is 3.43. The van der Waals surface area contributed by atoms with Gasteiger partial charge in [0.2, 0.25) is 5.91 Å². The highest BCUT2D eigenvalue weighted by atomic mass is 16.5. The van der Waals surface area contributed by atoms with E-state index < -0.39 is 5.97 Å². The second-order valence-corrected chi connectivity index (χ2v) is 5.35. The van der Waals surface area contributed by atoms with Crippen molar-refractivity contribution in [2.45, 2.75) is 39.1 Å². The summed E-state index contributed by atoms with van der Waals surface area (Å²) in [6, 6.07) is 5.25. The Labute approximate surface area is 135 Å². The van der Waals surface area contributed by atoms with Gasteiger partial charge in [-0.2, -0.15) is 0 Å². The van der Waals surface area contributed by atoms with Crippen molar-refractivity contribution in [3.05, 3.63) is 29.3 Å². The Morgan fingerprint density at radius 2 is 2.13 bits per heavy atom. The molecule has 23 heavy (non-hydrogen) atoms. The molecule has 0 spiro atoms. The van der Waals surface area contributed by atoms with Crippen molar-refractivity contribution in [3.8, 4) is 5.75 Å². The zero-order valence-electron chi connectivity index (χ0n) is 13.3. The van der Waals surface area contributed by atoms with Gasteiger partial charge in [0, 0.05) is 18.8 Å². The van der Waals surface area contributed by atoms with E-state index in [1.165, 1.54) is 14.4 Å². The van der Waals surface area contributed by atoms with Crippen LogP contribution in [0.25, 0.3) is 0 Å². The predicted molar refractivity (Wildman–Crippen MR) is 84.3 cm³/mol. The number of Topliss-reactive ketones (excluding diaryl/α,β-unsaturated/α-hetero) is 1. The summed E-state index contributed by atoms with van der Waals surface area (Å²) < 4.78 is 10.6. The van der Waals surface area contributed by atoms with Gasteiger partial charge in [0.15, 0.2) is 0 Å². The number of carbonyl (C=O) groups is 3. The van der Waals surface area contributed by atoms with Crippen LogP contribution in [0.5, 0.6) is 5.75 Å². The molecule has 0 aromatic heterocycles. The van der Waals surface area contributed by atoms with E-state index in [1.54, 1.807) is 19.1 Å². The third kappa shape index (κ3) is 4.58. The lowest BCUT2D eigenvalue weighted by molar-refractivity contribution is -0.124. The Kier molecular flexibility index (Phi) is 5.79. The molecule has 6 nitrogen and oxygen atoms in total. The Balaban J connectivity index is 2.01. The molecule has 1 aliphatic rings. The van der Waals surface area contributed by atoms with Gasteiger partial charge >= 0.3 is 13.5 Å². The lowest BCUT2D eigenvalue weighted by atomic mass is 9.79. The van der Waals surface area contributed by atoms with Gasteiger partial charge in [-0.05, 0) is 31.9 Å². The van der Waals surface area contributed by atoms with Crippen LogP contribution in [-0.2, 0) is 20.7 Å². The molecule has 0 saturated carbocycles. The fraction of sp³-hybridized carbons (Fsp3) is 0.438. The van der Waals surface area contributed by atoms with Crippen LogP contribution >= 0.6 is 0 Å². The molecular weight excluding hydrogens is 297 g/mol. The van der Waals surface area contributed by atoms with Crippen molar-refractivity contribution in [2.75, 3.05) is 6.61 Å². The van der Waals surface area contributed by atoms with Crippen molar-refractivity contribution >= 4 is 25.1 Å². The average Bonchev–Trinajstić information content (AvgIpc) is 2.52. The number of rotatable bonds is 6. The van der Waals surface area contributed by atoms with E-state index in [-0.39, 0.29) is 30.5 Å². The first kappa shape index (κ1) is 17.1. The summed E-state index contributed by atoms with van der Waals surface area (Å²) in [5.74, 6) is -0.468. The summed E-state index contributed by atoms with van der Waals surface area (Å²) in [7, 11) is 1.50. The molecule has 1 aromatic carbocycles. The van der Waals surface area contributed by atoms with Crippen LogP contribution in [0.2, 0.25) is 0 Å². The lowest BCUT2D eigenvalue weighted by Crippen LogP contribution is -2.45. The van der Waals surface area contributed by atoms with Gasteiger partial charge in [-0.15, -0.1) is 0 Å². The van der Waals surface area contributed by atoms with E-state index in [0.717, 1.165) is 5.56 Å². The molecule has 0 aliphatic carbocycles. The normalized spacial score (nSPS) is 15.7. The zero-order valence-corrected chi connectivity index (χ0v) is 13.3. The molecule has 1 radical (unpaired) electrons. The first-order valence-corrected chi connectivity index (χ1v) is 7.59. The van der Waals surface area contributed by atoms with Crippen molar-refractivity contribution in [1.29, 1.82) is 0 Å². The van der Waals surface area contributed by atoms with Crippen molar-refractivity contribution in [3.63, 3.8) is 0 Å². The monoisotopic (exact) mass is 316 g/mol. The Hall–Kier alpha value is -2.31. The minimum Gasteiger partial charge on any atom is -0.560 e. The first-order valence-electron chi connectivity index (χ1n) is 7.59. The SMILES string of the molecule is CCOC(=O)c1cccc2c1O[B]C(NC(=O)CCC(C)=O)C2. The van der Waals surface area contributed by atoms with Crippen LogP contribution < -0.4 is 9.97 Å². The van der Waals surface area contributed by atoms with E-state index in [4.69, 9.17) is 9.39 Å². The van der Waals surface area contributed by atoms with Crippen LogP contribution in [0.1, 0.15) is 42.6 Å². The largest absolute Gasteiger partial charge is 0.560 e. The number of ketones is 1. The number of esters is 1. The molecule has 1 atom stereocenters. The van der Waals surface area contributed by atoms with Crippen molar-refractivity contribution in [1.82, 2.24) is 5.32 Å². The number of fused-ring (bicyclic) bond motifs is 1. The highest BCUT2D eigenvalue weighted by Crippen LogP contribution is 2.29. The third-order valence-electron chi connectivity index (χ3n) is 3.43. The maximum absolute atomic E-state index is 11.9. The van der Waals surface area contributed by atoms with Gasteiger partial charge in [-0.3, -0.25) is 4.79 Å². The van der Waals surface area contributed by atoms with E-state index in [1.807, 2.05) is 6.07 Å². The molecule has 2 rings (SSSR count). The van der Waals surface area contributed by atoms with Crippen LogP contribution in [0.15, 0.2) is 18.2 Å². The first-order chi connectivity index (χ1) is 11.0. The van der Waals surface area contributed by atoms with Gasteiger partial charge in [0.1, 0.15) is 17.1 Å². The van der Waals surface area contributed by atoms with E-state index in [2.05, 4.69) is 5.32 Å². The molecule has 1 unspecified atom stereocenters. The Morgan fingerprint density at radius 3 is 2.83 bits per heavy atom. The van der Waals surface area contributed by atoms with E-state index in [0.29, 0.717) is 24.3 Å². The number of para-hydroxylation sites is 1. The quantitative estimate of drug-likeness (QED) is 0.630. The van der Waals surface area contributed by atoms with Crippen LogP contribution in [0.3, 0.4) is 0 Å². The average molecular weight is 316 g/mol. The Bertz CT molecular complexity index is 616. The molecule has 1 N–H and O–H groups in total. The number of hydrogen-bond donors (Lipinski definition) is 1. The number of nitrogens with one attached hydrogen (secondary N) is 1. The zero-order chi connectivity index (χ0) is 16.8. The minimum absolute atomic E-state index is 0.0200. The predicted octanol–water partition coefficient (Wildman–Crippen LogP) is 1.23. The van der Waals surface area contributed by atoms with Gasteiger partial charge in [0.05, 0.1) is 6.61 Å². The fourth-order valence-corrected chi connectivity index (χ4v) is 2.34. The summed E-state index contributed by atoms with van der Waals surface area (Å²) in [5, 5.41) is 2.80. The molecule has 1 aliphatic heterocycles. The number of hydrogen-bond acceptors (Lipinski definition) is 5. The molecule has 7 heteroatoms. The van der Waals surface area contributed by atoms with Crippen molar-refractivity contribution in [2.24, 2.45) is 0 Å². The topological polar surface area (TPSA) is 81.7 Å². The second kappa shape index (κ2) is 7.81. The number of carbonyl (C=O) groups excluding carboxylic acids is 3. The highest BCUT2D eigenvalue weighted by molar-refractivity contribution is 6.32.